The van der Waals surface area contributed by atoms with Gasteiger partial charge in [0.1, 0.15) is 11.5 Å². The highest BCUT2D eigenvalue weighted by Gasteiger charge is 2.27. The second-order valence-corrected chi connectivity index (χ2v) is 10.6. The van der Waals surface area contributed by atoms with E-state index < -0.39 is 38.1 Å². The van der Waals surface area contributed by atoms with E-state index in [4.69, 9.17) is 0 Å². The van der Waals surface area contributed by atoms with E-state index in [2.05, 4.69) is 4.99 Å². The number of likely N-dealkylation sites (tertiary alicyclic amines) is 1. The number of non-ortho nitro benzene ring substituents is 1. The van der Waals surface area contributed by atoms with E-state index in [1.807, 2.05) is 6.92 Å². The van der Waals surface area contributed by atoms with Crippen LogP contribution in [0, 0.1) is 16.0 Å². The summed E-state index contributed by atoms with van der Waals surface area (Å²) in [5, 5.41) is 10.9. The highest BCUT2D eigenvalue weighted by Crippen LogP contribution is 2.22. The van der Waals surface area contributed by atoms with Gasteiger partial charge in [-0.25, -0.2) is 8.42 Å². The number of thiazole rings is 1. The lowest BCUT2D eigenvalue weighted by Gasteiger charge is -2.30. The van der Waals surface area contributed by atoms with Crippen LogP contribution in [0.2, 0.25) is 0 Å². The molecule has 0 saturated carbocycles. The normalized spacial score (nSPS) is 18.0. The van der Waals surface area contributed by atoms with E-state index in [1.165, 1.54) is 17.0 Å². The van der Waals surface area contributed by atoms with E-state index in [1.54, 1.807) is 17.7 Å². The van der Waals surface area contributed by atoms with Crippen molar-refractivity contribution in [2.24, 2.45) is 18.0 Å². The van der Waals surface area contributed by atoms with Gasteiger partial charge >= 0.3 is 0 Å². The number of sulfone groups is 1. The minimum absolute atomic E-state index is 0.0876. The van der Waals surface area contributed by atoms with Gasteiger partial charge in [0.05, 0.1) is 15.1 Å². The van der Waals surface area contributed by atoms with E-state index in [9.17, 15) is 28.1 Å². The number of aryl methyl sites for hydroxylation is 1. The summed E-state index contributed by atoms with van der Waals surface area (Å²) in [5.74, 6) is -2.63. The van der Waals surface area contributed by atoms with Gasteiger partial charge in [-0.3, -0.25) is 19.7 Å². The smallest absolute Gasteiger partial charge is 0.270 e. The molecule has 1 aromatic carbocycles. The van der Waals surface area contributed by atoms with Crippen molar-refractivity contribution >= 4 is 48.9 Å². The molecule has 162 valence electrons. The third-order valence-corrected chi connectivity index (χ3v) is 7.39. The van der Waals surface area contributed by atoms with E-state index in [0.29, 0.717) is 29.2 Å². The zero-order chi connectivity index (χ0) is 22.1. The third-order valence-electron chi connectivity index (χ3n) is 4.92. The second-order valence-electron chi connectivity index (χ2n) is 7.48. The van der Waals surface area contributed by atoms with Gasteiger partial charge in [0, 0.05) is 32.3 Å². The topological polar surface area (TPSA) is 132 Å². The van der Waals surface area contributed by atoms with Crippen LogP contribution in [0.5, 0.6) is 0 Å². The first-order valence-corrected chi connectivity index (χ1v) is 12.0. The maximum absolute atomic E-state index is 12.3. The molecular formula is C18H22N4O6S2. The van der Waals surface area contributed by atoms with Crippen LogP contribution in [0.25, 0.3) is 10.2 Å². The number of benzene rings is 1. The monoisotopic (exact) mass is 454 g/mol. The van der Waals surface area contributed by atoms with Crippen molar-refractivity contribution in [2.45, 2.75) is 19.8 Å². The molecule has 0 bridgehead atoms. The fourth-order valence-electron chi connectivity index (χ4n) is 3.42. The molecule has 10 nitrogen and oxygen atoms in total. The van der Waals surface area contributed by atoms with Gasteiger partial charge in [-0.15, -0.1) is 0 Å². The van der Waals surface area contributed by atoms with E-state index >= 15 is 0 Å². The Bertz CT molecular complexity index is 1180. The van der Waals surface area contributed by atoms with Crippen molar-refractivity contribution in [3.63, 3.8) is 0 Å². The number of hydrogen-bond acceptors (Lipinski definition) is 7. The molecule has 2 heterocycles. The van der Waals surface area contributed by atoms with Crippen LogP contribution < -0.4 is 4.80 Å². The summed E-state index contributed by atoms with van der Waals surface area (Å²) >= 11 is 1.05. The Balaban J connectivity index is 1.75. The highest BCUT2D eigenvalue weighted by atomic mass is 32.2. The van der Waals surface area contributed by atoms with Gasteiger partial charge in [-0.2, -0.15) is 4.99 Å². The summed E-state index contributed by atoms with van der Waals surface area (Å²) in [6.07, 6.45) is 1.84. The minimum atomic E-state index is -3.96. The first kappa shape index (κ1) is 22.1. The van der Waals surface area contributed by atoms with Crippen molar-refractivity contribution < 1.29 is 22.9 Å². The molecule has 1 fully saturated rings. The summed E-state index contributed by atoms with van der Waals surface area (Å²) in [7, 11) is -2.32. The number of fused-ring (bicyclic) bond motifs is 1. The van der Waals surface area contributed by atoms with Gasteiger partial charge in [0.2, 0.25) is 5.91 Å². The molecule has 0 radical (unpaired) electrons. The number of carbonyl (C=O) groups excluding carboxylic acids is 2. The fourth-order valence-corrected chi connectivity index (χ4v) is 5.59. The quantitative estimate of drug-likeness (QED) is 0.493. The molecule has 0 spiro atoms. The van der Waals surface area contributed by atoms with Crippen molar-refractivity contribution in [2.75, 3.05) is 24.6 Å². The lowest BCUT2D eigenvalue weighted by Crippen LogP contribution is -2.42. The summed E-state index contributed by atoms with van der Waals surface area (Å²) in [6.45, 7) is 3.06. The fraction of sp³-hybridized carbons (Fsp3) is 0.500. The Hall–Kier alpha value is -2.60. The van der Waals surface area contributed by atoms with Gasteiger partial charge in [-0.05, 0) is 24.8 Å². The van der Waals surface area contributed by atoms with Gasteiger partial charge < -0.3 is 9.47 Å². The molecule has 2 amide bonds. The number of nitrogens with zero attached hydrogens (tertiary/aromatic N) is 4. The summed E-state index contributed by atoms with van der Waals surface area (Å²) in [5.41, 5.74) is 0.546. The Morgan fingerprint density at radius 1 is 1.33 bits per heavy atom. The molecule has 1 unspecified atom stereocenters. The highest BCUT2D eigenvalue weighted by molar-refractivity contribution is 7.92. The molecule has 30 heavy (non-hydrogen) atoms. The zero-order valence-electron chi connectivity index (χ0n) is 16.6. The minimum Gasteiger partial charge on any atom is -0.342 e. The number of carbonyl (C=O) groups is 2. The van der Waals surface area contributed by atoms with Crippen LogP contribution >= 0.6 is 11.3 Å². The largest absolute Gasteiger partial charge is 0.342 e. The number of piperidine rings is 1. The molecule has 12 heteroatoms. The Morgan fingerprint density at radius 3 is 2.73 bits per heavy atom. The maximum Gasteiger partial charge on any atom is 0.270 e. The lowest BCUT2D eigenvalue weighted by atomic mass is 10.0. The van der Waals surface area contributed by atoms with Crippen molar-refractivity contribution in [1.29, 1.82) is 0 Å². The van der Waals surface area contributed by atoms with Crippen LogP contribution in [0.1, 0.15) is 19.8 Å². The van der Waals surface area contributed by atoms with E-state index in [0.717, 1.165) is 24.2 Å². The predicted octanol–water partition coefficient (Wildman–Crippen LogP) is 1.25. The molecule has 1 aliphatic heterocycles. The molecule has 1 aliphatic rings. The van der Waals surface area contributed by atoms with E-state index in [-0.39, 0.29) is 10.5 Å². The van der Waals surface area contributed by atoms with Gasteiger partial charge in [-0.1, -0.05) is 18.3 Å². The molecule has 2 aromatic rings. The Labute approximate surface area is 176 Å². The number of nitro benzene ring substituents is 1. The SMILES string of the molecule is CC1CCCN(C(=O)CS(=O)(=O)CC(=O)N=c2sc3cc([N+](=O)[O-])ccc3n2C)C1. The standard InChI is InChI=1S/C18H22N4O6S2/c1-12-4-3-7-21(9-12)17(24)11-30(27,28)10-16(23)19-18-20(2)14-6-5-13(22(25)26)8-15(14)29-18/h5-6,8,12H,3-4,7,9-11H2,1-2H3. The second kappa shape index (κ2) is 8.64. The predicted molar refractivity (Wildman–Crippen MR) is 112 cm³/mol. The third kappa shape index (κ3) is 5.11. The maximum atomic E-state index is 12.3. The Kier molecular flexibility index (Phi) is 6.36. The van der Waals surface area contributed by atoms with Crippen LogP contribution in [0.3, 0.4) is 0 Å². The number of aromatic nitrogens is 1. The van der Waals surface area contributed by atoms with Crippen LogP contribution in [-0.2, 0) is 26.5 Å². The summed E-state index contributed by atoms with van der Waals surface area (Å²) < 4.78 is 26.8. The molecule has 0 N–H and O–H groups in total. The average Bonchev–Trinajstić information content (AvgIpc) is 2.95. The van der Waals surface area contributed by atoms with Gasteiger partial charge in [0.15, 0.2) is 14.6 Å². The summed E-state index contributed by atoms with van der Waals surface area (Å²) in [6, 6.07) is 4.26. The molecule has 0 aliphatic carbocycles. The zero-order valence-corrected chi connectivity index (χ0v) is 18.2. The first-order chi connectivity index (χ1) is 14.1. The van der Waals surface area contributed by atoms with Gasteiger partial charge in [0.25, 0.3) is 11.6 Å². The van der Waals surface area contributed by atoms with Crippen LogP contribution in [0.4, 0.5) is 5.69 Å². The number of nitro groups is 1. The lowest BCUT2D eigenvalue weighted by molar-refractivity contribution is -0.384. The average molecular weight is 455 g/mol. The molecule has 3 rings (SSSR count). The molecule has 1 atom stereocenters. The number of hydrogen-bond donors (Lipinski definition) is 0. The van der Waals surface area contributed by atoms with Crippen LogP contribution in [0.15, 0.2) is 23.2 Å². The number of rotatable bonds is 5. The van der Waals surface area contributed by atoms with Crippen molar-refractivity contribution in [1.82, 2.24) is 9.47 Å². The first-order valence-electron chi connectivity index (χ1n) is 9.35. The molecule has 1 saturated heterocycles. The van der Waals surface area contributed by atoms with Crippen molar-refractivity contribution in [3.05, 3.63) is 33.1 Å². The molecule has 1 aromatic heterocycles. The van der Waals surface area contributed by atoms with Crippen LogP contribution in [-0.4, -0.2) is 59.2 Å². The summed E-state index contributed by atoms with van der Waals surface area (Å²) in [4.78, 5) is 40.6. The van der Waals surface area contributed by atoms with Crippen molar-refractivity contribution in [3.8, 4) is 0 Å². The Morgan fingerprint density at radius 2 is 2.07 bits per heavy atom. The molecular weight excluding hydrogens is 432 g/mol. The number of amides is 2.